The van der Waals surface area contributed by atoms with Gasteiger partial charge in [0.25, 0.3) is 0 Å². The fourth-order valence-corrected chi connectivity index (χ4v) is 2.04. The summed E-state index contributed by atoms with van der Waals surface area (Å²) < 4.78 is 5.67. The minimum atomic E-state index is -0.128. The molecule has 1 rings (SSSR count). The maximum Gasteiger partial charge on any atom is 0.233 e. The van der Waals surface area contributed by atoms with Gasteiger partial charge < -0.3 is 4.74 Å². The van der Waals surface area contributed by atoms with E-state index in [9.17, 15) is 4.79 Å². The van der Waals surface area contributed by atoms with Crippen LogP contribution in [0.25, 0.3) is 0 Å². The second-order valence-corrected chi connectivity index (χ2v) is 5.05. The van der Waals surface area contributed by atoms with Crippen LogP contribution in [0.3, 0.4) is 0 Å². The molecule has 0 aliphatic heterocycles. The van der Waals surface area contributed by atoms with Crippen molar-refractivity contribution in [1.29, 1.82) is 0 Å². The van der Waals surface area contributed by atoms with E-state index < -0.39 is 0 Å². The molecule has 0 saturated heterocycles. The third-order valence-electron chi connectivity index (χ3n) is 3.09. The molecule has 0 radical (unpaired) electrons. The normalized spacial score (nSPS) is 10.6. The first-order valence-electron chi connectivity index (χ1n) is 6.77. The number of aryl methyl sites for hydroxylation is 1. The Kier molecular flexibility index (Phi) is 6.36. The summed E-state index contributed by atoms with van der Waals surface area (Å²) in [6.45, 7) is 7.10. The van der Waals surface area contributed by atoms with Crippen LogP contribution in [0.2, 0.25) is 0 Å². The number of hydrogen-bond acceptors (Lipinski definition) is 3. The Bertz CT molecular complexity index is 417. The van der Waals surface area contributed by atoms with Gasteiger partial charge in [-0.2, -0.15) is 0 Å². The molecule has 3 N–H and O–H groups in total. The lowest BCUT2D eigenvalue weighted by Crippen LogP contribution is -2.29. The fraction of sp³-hybridized carbons (Fsp3) is 0.533. The summed E-state index contributed by atoms with van der Waals surface area (Å²) in [5, 5.41) is 0. The maximum atomic E-state index is 10.9. The van der Waals surface area contributed by atoms with Crippen molar-refractivity contribution in [1.82, 2.24) is 5.43 Å². The number of carbonyl (C=O) groups is 1. The highest BCUT2D eigenvalue weighted by atomic mass is 16.5. The number of hydrazine groups is 1. The zero-order valence-corrected chi connectivity index (χ0v) is 12.0. The summed E-state index contributed by atoms with van der Waals surface area (Å²) in [5.74, 6) is 6.30. The minimum Gasteiger partial charge on any atom is -0.494 e. The molecule has 0 atom stereocenters. The number of benzene rings is 1. The molecule has 106 valence electrons. The zero-order valence-electron chi connectivity index (χ0n) is 12.0. The molecule has 1 amide bonds. The Morgan fingerprint density at radius 2 is 2.11 bits per heavy atom. The second kappa shape index (κ2) is 7.79. The summed E-state index contributed by atoms with van der Waals surface area (Å²) in [5.41, 5.74) is 4.73. The van der Waals surface area contributed by atoms with Crippen LogP contribution in [0.1, 0.15) is 50.2 Å². The number of nitrogens with one attached hydrogen (secondary N) is 1. The number of nitrogens with two attached hydrogens (primary N) is 1. The summed E-state index contributed by atoms with van der Waals surface area (Å²) in [7, 11) is 0. The standard InChI is InChI=1S/C15H24N2O2/c1-11(2)14-8-7-13(10-12(14)3)19-9-5-4-6-15(18)17-16/h7-8,10-11H,4-6,9,16H2,1-3H3,(H,17,18). The highest BCUT2D eigenvalue weighted by Crippen LogP contribution is 2.23. The van der Waals surface area contributed by atoms with Crippen LogP contribution in [0.15, 0.2) is 18.2 Å². The SMILES string of the molecule is Cc1cc(OCCCCC(=O)NN)ccc1C(C)C. The van der Waals surface area contributed by atoms with Crippen LogP contribution in [0.4, 0.5) is 0 Å². The maximum absolute atomic E-state index is 10.9. The zero-order chi connectivity index (χ0) is 14.3. The lowest BCUT2D eigenvalue weighted by molar-refractivity contribution is -0.121. The van der Waals surface area contributed by atoms with Crippen molar-refractivity contribution in [2.24, 2.45) is 5.84 Å². The quantitative estimate of drug-likeness (QED) is 0.344. The van der Waals surface area contributed by atoms with Crippen molar-refractivity contribution in [3.63, 3.8) is 0 Å². The van der Waals surface area contributed by atoms with Crippen LogP contribution >= 0.6 is 0 Å². The number of hydrogen-bond donors (Lipinski definition) is 2. The van der Waals surface area contributed by atoms with Gasteiger partial charge in [0, 0.05) is 6.42 Å². The van der Waals surface area contributed by atoms with E-state index in [0.29, 0.717) is 18.9 Å². The molecule has 0 aliphatic carbocycles. The highest BCUT2D eigenvalue weighted by Gasteiger charge is 2.04. The summed E-state index contributed by atoms with van der Waals surface area (Å²) >= 11 is 0. The molecule has 0 aliphatic rings. The van der Waals surface area contributed by atoms with Crippen molar-refractivity contribution < 1.29 is 9.53 Å². The van der Waals surface area contributed by atoms with Gasteiger partial charge in [-0.1, -0.05) is 19.9 Å². The first-order valence-corrected chi connectivity index (χ1v) is 6.77. The number of ether oxygens (including phenoxy) is 1. The lowest BCUT2D eigenvalue weighted by Gasteiger charge is -2.12. The van der Waals surface area contributed by atoms with Crippen molar-refractivity contribution in [2.45, 2.75) is 46.0 Å². The predicted octanol–water partition coefficient (Wildman–Crippen LogP) is 2.66. The molecule has 0 saturated carbocycles. The molecule has 0 spiro atoms. The second-order valence-electron chi connectivity index (χ2n) is 5.05. The van der Waals surface area contributed by atoms with Gasteiger partial charge in [0.15, 0.2) is 0 Å². The lowest BCUT2D eigenvalue weighted by atomic mass is 9.98. The number of amides is 1. The first kappa shape index (κ1) is 15.5. The Morgan fingerprint density at radius 1 is 1.37 bits per heavy atom. The van der Waals surface area contributed by atoms with Gasteiger partial charge in [0.1, 0.15) is 5.75 Å². The van der Waals surface area contributed by atoms with Crippen LogP contribution in [-0.4, -0.2) is 12.5 Å². The van der Waals surface area contributed by atoms with E-state index >= 15 is 0 Å². The molecule has 1 aromatic rings. The van der Waals surface area contributed by atoms with Crippen LogP contribution in [-0.2, 0) is 4.79 Å². The largest absolute Gasteiger partial charge is 0.494 e. The average molecular weight is 264 g/mol. The Hall–Kier alpha value is -1.55. The Morgan fingerprint density at radius 3 is 2.68 bits per heavy atom. The van der Waals surface area contributed by atoms with Gasteiger partial charge in [0.2, 0.25) is 5.91 Å². The van der Waals surface area contributed by atoms with Crippen LogP contribution in [0, 0.1) is 6.92 Å². The number of carbonyl (C=O) groups excluding carboxylic acids is 1. The van der Waals surface area contributed by atoms with Crippen molar-refractivity contribution in [3.8, 4) is 5.75 Å². The first-order chi connectivity index (χ1) is 9.04. The van der Waals surface area contributed by atoms with Crippen molar-refractivity contribution in [2.75, 3.05) is 6.61 Å². The van der Waals surface area contributed by atoms with E-state index in [1.807, 2.05) is 6.07 Å². The molecule has 0 heterocycles. The predicted molar refractivity (Wildman–Crippen MR) is 76.9 cm³/mol. The number of rotatable bonds is 7. The highest BCUT2D eigenvalue weighted by molar-refractivity contribution is 5.75. The fourth-order valence-electron chi connectivity index (χ4n) is 2.04. The van der Waals surface area contributed by atoms with Crippen molar-refractivity contribution in [3.05, 3.63) is 29.3 Å². The summed E-state index contributed by atoms with van der Waals surface area (Å²) in [6.07, 6.45) is 2.08. The smallest absolute Gasteiger partial charge is 0.233 e. The Balaban J connectivity index is 2.34. The number of unbranched alkanes of at least 4 members (excludes halogenated alkanes) is 1. The summed E-state index contributed by atoms with van der Waals surface area (Å²) in [6, 6.07) is 6.20. The van der Waals surface area contributed by atoms with Crippen LogP contribution < -0.4 is 16.0 Å². The van der Waals surface area contributed by atoms with Gasteiger partial charge in [0.05, 0.1) is 6.61 Å². The minimum absolute atomic E-state index is 0.128. The van der Waals surface area contributed by atoms with Crippen molar-refractivity contribution >= 4 is 5.91 Å². The topological polar surface area (TPSA) is 64.3 Å². The molecule has 1 aromatic carbocycles. The molecular weight excluding hydrogens is 240 g/mol. The van der Waals surface area contributed by atoms with Gasteiger partial charge in [-0.3, -0.25) is 10.2 Å². The van der Waals surface area contributed by atoms with E-state index in [4.69, 9.17) is 10.6 Å². The van der Waals surface area contributed by atoms with Gasteiger partial charge in [-0.05, 0) is 48.9 Å². The third-order valence-corrected chi connectivity index (χ3v) is 3.09. The van der Waals surface area contributed by atoms with Crippen LogP contribution in [0.5, 0.6) is 5.75 Å². The molecule has 4 heteroatoms. The van der Waals surface area contributed by atoms with Gasteiger partial charge in [-0.15, -0.1) is 0 Å². The molecule has 4 nitrogen and oxygen atoms in total. The molecular formula is C15H24N2O2. The monoisotopic (exact) mass is 264 g/mol. The van der Waals surface area contributed by atoms with E-state index in [2.05, 4.69) is 38.3 Å². The molecule has 0 bridgehead atoms. The van der Waals surface area contributed by atoms with E-state index in [-0.39, 0.29) is 5.91 Å². The van der Waals surface area contributed by atoms with E-state index in [1.54, 1.807) is 0 Å². The third kappa shape index (κ3) is 5.30. The average Bonchev–Trinajstić information content (AvgIpc) is 2.37. The van der Waals surface area contributed by atoms with Gasteiger partial charge >= 0.3 is 0 Å². The van der Waals surface area contributed by atoms with E-state index in [0.717, 1.165) is 18.6 Å². The molecule has 0 unspecified atom stereocenters. The van der Waals surface area contributed by atoms with E-state index in [1.165, 1.54) is 11.1 Å². The Labute approximate surface area is 115 Å². The summed E-state index contributed by atoms with van der Waals surface area (Å²) in [4.78, 5) is 10.9. The molecule has 0 fully saturated rings. The van der Waals surface area contributed by atoms with Gasteiger partial charge in [-0.25, -0.2) is 5.84 Å². The molecule has 0 aromatic heterocycles. The molecule has 19 heavy (non-hydrogen) atoms.